The molecule has 1 saturated heterocycles. The second kappa shape index (κ2) is 8.35. The van der Waals surface area contributed by atoms with E-state index < -0.39 is 39.9 Å². The molecule has 8 unspecified atom stereocenters. The molecule has 8 atom stereocenters. The van der Waals surface area contributed by atoms with Gasteiger partial charge in [0, 0.05) is 37.0 Å². The molecular formula is C31H36FNO5. The maximum Gasteiger partial charge on any atom is 0.303 e. The number of fused-ring (bicyclic) bond motifs is 7. The summed E-state index contributed by atoms with van der Waals surface area (Å²) >= 11 is 0. The Morgan fingerprint density at radius 1 is 1.18 bits per heavy atom. The Morgan fingerprint density at radius 3 is 2.63 bits per heavy atom. The van der Waals surface area contributed by atoms with Crippen molar-refractivity contribution in [2.75, 3.05) is 24.6 Å². The largest absolute Gasteiger partial charge is 0.458 e. The van der Waals surface area contributed by atoms with E-state index in [1.807, 2.05) is 37.3 Å². The van der Waals surface area contributed by atoms with Crippen LogP contribution in [-0.2, 0) is 19.1 Å². The zero-order valence-electron chi connectivity index (χ0n) is 22.3. The van der Waals surface area contributed by atoms with Crippen LogP contribution >= 0.6 is 0 Å². The summed E-state index contributed by atoms with van der Waals surface area (Å²) in [5, 5.41) is 11.7. The number of alkyl halides is 1. The number of ketones is 2. The summed E-state index contributed by atoms with van der Waals surface area (Å²) in [6, 6.07) is 9.95. The van der Waals surface area contributed by atoms with Crippen LogP contribution in [0.1, 0.15) is 46.5 Å². The number of rotatable bonds is 4. The molecule has 6 rings (SSSR count). The van der Waals surface area contributed by atoms with Crippen LogP contribution in [0.15, 0.2) is 54.1 Å². The van der Waals surface area contributed by atoms with Gasteiger partial charge in [-0.05, 0) is 74.1 Å². The third kappa shape index (κ3) is 3.11. The second-order valence-corrected chi connectivity index (χ2v) is 12.6. The second-order valence-electron chi connectivity index (χ2n) is 12.6. The van der Waals surface area contributed by atoms with Crippen molar-refractivity contribution in [1.82, 2.24) is 0 Å². The number of Topliss-reactive ketones (excluding diaryl/α,β-unsaturated/α-hetero) is 1. The molecule has 1 N–H and O–H groups in total. The Morgan fingerprint density at radius 2 is 1.92 bits per heavy atom. The third-order valence-electron chi connectivity index (χ3n) is 11.2. The molecule has 0 radical (unpaired) electrons. The number of hydrogen-bond acceptors (Lipinski definition) is 6. The minimum Gasteiger partial charge on any atom is -0.458 e. The van der Waals surface area contributed by atoms with Gasteiger partial charge in [0.2, 0.25) is 0 Å². The number of allylic oxidation sites excluding steroid dienone is 4. The fraction of sp³-hybridized carbons (Fsp3) is 0.581. The first-order valence-corrected chi connectivity index (χ1v) is 13.8. The highest BCUT2D eigenvalue weighted by atomic mass is 19.1. The summed E-state index contributed by atoms with van der Waals surface area (Å²) in [5.74, 6) is -1.40. The van der Waals surface area contributed by atoms with Crippen molar-refractivity contribution in [2.45, 2.75) is 58.2 Å². The number of aliphatic hydroxyl groups is 1. The SMILES string of the molecule is CC(=O)OCC(=O)C12CN(c3ccccc3)CC1CC1C3CCC4=CC(=O)C=CC4(C)C3(F)C(O)CC12C. The number of esters is 1. The highest BCUT2D eigenvalue weighted by Gasteiger charge is 2.77. The number of halogens is 1. The van der Waals surface area contributed by atoms with Gasteiger partial charge in [-0.15, -0.1) is 0 Å². The van der Waals surface area contributed by atoms with Gasteiger partial charge < -0.3 is 14.7 Å². The quantitative estimate of drug-likeness (QED) is 0.598. The van der Waals surface area contributed by atoms with Crippen molar-refractivity contribution in [3.8, 4) is 0 Å². The van der Waals surface area contributed by atoms with E-state index in [9.17, 15) is 19.5 Å². The number of aliphatic hydroxyl groups excluding tert-OH is 1. The van der Waals surface area contributed by atoms with Gasteiger partial charge in [0.15, 0.2) is 23.8 Å². The van der Waals surface area contributed by atoms with Crippen LogP contribution in [0.25, 0.3) is 0 Å². The van der Waals surface area contributed by atoms with Gasteiger partial charge in [0.05, 0.1) is 11.5 Å². The summed E-state index contributed by atoms with van der Waals surface area (Å²) in [7, 11) is 0. The van der Waals surface area contributed by atoms with Crippen LogP contribution in [0.5, 0.6) is 0 Å². The smallest absolute Gasteiger partial charge is 0.303 e. The standard InChI is InChI=1S/C31H36FNO5/c1-19(34)38-17-27(37)30-18-33(22-7-5-4-6-8-22)16-21(30)14-25-24-10-9-20-13-23(35)11-12-28(20,2)31(24,32)26(36)15-29(25,30)3/h4-8,11-13,21,24-26,36H,9-10,14-18H2,1-3H3. The number of nitrogens with zero attached hydrogens (tertiary/aromatic N) is 1. The average Bonchev–Trinajstić information content (AvgIpc) is 3.38. The highest BCUT2D eigenvalue weighted by molar-refractivity contribution is 6.01. The molecule has 1 heterocycles. The third-order valence-corrected chi connectivity index (χ3v) is 11.2. The molecule has 7 heteroatoms. The first kappa shape index (κ1) is 25.5. The van der Waals surface area contributed by atoms with Crippen LogP contribution in [-0.4, -0.2) is 54.1 Å². The van der Waals surface area contributed by atoms with Gasteiger partial charge in [-0.2, -0.15) is 0 Å². The van der Waals surface area contributed by atoms with E-state index in [2.05, 4.69) is 11.8 Å². The normalized spacial score (nSPS) is 43.0. The topological polar surface area (TPSA) is 83.9 Å². The van der Waals surface area contributed by atoms with Crippen LogP contribution in [0.2, 0.25) is 0 Å². The maximum atomic E-state index is 17.5. The Balaban J connectivity index is 1.43. The molecule has 0 bridgehead atoms. The lowest BCUT2D eigenvalue weighted by atomic mass is 9.43. The van der Waals surface area contributed by atoms with E-state index in [0.717, 1.165) is 11.3 Å². The van der Waals surface area contributed by atoms with E-state index in [-0.39, 0.29) is 36.4 Å². The molecule has 0 amide bonds. The van der Waals surface area contributed by atoms with E-state index in [4.69, 9.17) is 4.74 Å². The van der Waals surface area contributed by atoms with Crippen molar-refractivity contribution in [3.63, 3.8) is 0 Å². The van der Waals surface area contributed by atoms with Gasteiger partial charge >= 0.3 is 5.97 Å². The average molecular weight is 522 g/mol. The van der Waals surface area contributed by atoms with Crippen molar-refractivity contribution < 1.29 is 28.6 Å². The molecule has 6 nitrogen and oxygen atoms in total. The van der Waals surface area contributed by atoms with Gasteiger partial charge in [0.1, 0.15) is 0 Å². The lowest BCUT2D eigenvalue weighted by Gasteiger charge is -2.63. The molecular weight excluding hydrogens is 485 g/mol. The van der Waals surface area contributed by atoms with E-state index in [1.54, 1.807) is 12.2 Å². The molecule has 202 valence electrons. The van der Waals surface area contributed by atoms with Crippen LogP contribution < -0.4 is 4.90 Å². The minimum absolute atomic E-state index is 0.0523. The monoisotopic (exact) mass is 521 g/mol. The number of anilines is 1. The summed E-state index contributed by atoms with van der Waals surface area (Å²) in [6.45, 7) is 5.96. The van der Waals surface area contributed by atoms with Crippen molar-refractivity contribution in [3.05, 3.63) is 54.1 Å². The minimum atomic E-state index is -1.93. The van der Waals surface area contributed by atoms with Crippen molar-refractivity contribution >= 4 is 23.2 Å². The molecule has 3 saturated carbocycles. The fourth-order valence-corrected chi connectivity index (χ4v) is 9.42. The number of hydrogen-bond donors (Lipinski definition) is 1. The Labute approximate surface area is 222 Å². The molecule has 1 aromatic carbocycles. The highest BCUT2D eigenvalue weighted by Crippen LogP contribution is 2.74. The van der Waals surface area contributed by atoms with Gasteiger partial charge in [-0.1, -0.05) is 36.8 Å². The Hall–Kier alpha value is -2.80. The van der Waals surface area contributed by atoms with E-state index in [0.29, 0.717) is 32.4 Å². The van der Waals surface area contributed by atoms with Crippen molar-refractivity contribution in [1.29, 1.82) is 0 Å². The van der Waals surface area contributed by atoms with E-state index in [1.165, 1.54) is 13.0 Å². The zero-order chi connectivity index (χ0) is 27.1. The molecule has 1 aromatic rings. The number of benzene rings is 1. The molecule has 0 spiro atoms. The van der Waals surface area contributed by atoms with Crippen molar-refractivity contribution in [2.24, 2.45) is 34.0 Å². The summed E-state index contributed by atoms with van der Waals surface area (Å²) in [6.07, 6.45) is 5.27. The molecule has 5 aliphatic rings. The molecule has 0 aromatic heterocycles. The lowest BCUT2D eigenvalue weighted by molar-refractivity contribution is -0.205. The van der Waals surface area contributed by atoms with Crippen LogP contribution in [0.3, 0.4) is 0 Å². The van der Waals surface area contributed by atoms with Crippen LogP contribution in [0, 0.1) is 34.0 Å². The maximum absolute atomic E-state index is 17.5. The number of carbonyl (C=O) groups excluding carboxylic acids is 3. The Kier molecular flexibility index (Phi) is 5.60. The van der Waals surface area contributed by atoms with E-state index >= 15 is 4.39 Å². The molecule has 4 aliphatic carbocycles. The molecule has 38 heavy (non-hydrogen) atoms. The van der Waals surface area contributed by atoms with Gasteiger partial charge in [-0.3, -0.25) is 14.4 Å². The number of para-hydroxylation sites is 1. The number of carbonyl (C=O) groups is 3. The van der Waals surface area contributed by atoms with Crippen LogP contribution in [0.4, 0.5) is 10.1 Å². The fourth-order valence-electron chi connectivity index (χ4n) is 9.42. The van der Waals surface area contributed by atoms with Gasteiger partial charge in [0.25, 0.3) is 0 Å². The number of ether oxygens (including phenoxy) is 1. The lowest BCUT2D eigenvalue weighted by Crippen LogP contribution is -2.68. The molecule has 4 fully saturated rings. The Bertz CT molecular complexity index is 1260. The summed E-state index contributed by atoms with van der Waals surface area (Å²) in [5.41, 5.74) is -2.77. The predicted octanol–water partition coefficient (Wildman–Crippen LogP) is 4.22. The first-order valence-electron chi connectivity index (χ1n) is 13.8. The zero-order valence-corrected chi connectivity index (χ0v) is 22.3. The van der Waals surface area contributed by atoms with Gasteiger partial charge in [-0.25, -0.2) is 4.39 Å². The predicted molar refractivity (Wildman–Crippen MR) is 140 cm³/mol. The summed E-state index contributed by atoms with van der Waals surface area (Å²) < 4.78 is 22.8. The first-order chi connectivity index (χ1) is 18.0. The summed E-state index contributed by atoms with van der Waals surface area (Å²) in [4.78, 5) is 40.1. The molecule has 1 aliphatic heterocycles.